The normalized spacial score (nSPS) is 16.7. The summed E-state index contributed by atoms with van der Waals surface area (Å²) in [7, 11) is 0. The van der Waals surface area contributed by atoms with Crippen molar-refractivity contribution in [3.8, 4) is 5.95 Å². The van der Waals surface area contributed by atoms with Gasteiger partial charge < -0.3 is 19.3 Å². The summed E-state index contributed by atoms with van der Waals surface area (Å²) in [5.41, 5.74) is -1.01. The molecule has 0 radical (unpaired) electrons. The lowest BCUT2D eigenvalue weighted by atomic mass is 9.91. The molecule has 3 aromatic rings. The lowest BCUT2D eigenvalue weighted by molar-refractivity contribution is -0.0540. The molecule has 1 amide bonds. The van der Waals surface area contributed by atoms with Gasteiger partial charge in [0, 0.05) is 31.3 Å². The van der Waals surface area contributed by atoms with E-state index in [1.165, 1.54) is 10.7 Å². The fourth-order valence-electron chi connectivity index (χ4n) is 3.81. The van der Waals surface area contributed by atoms with Gasteiger partial charge in [0.25, 0.3) is 11.8 Å². The molecule has 0 bridgehead atoms. The molecule has 172 valence electrons. The van der Waals surface area contributed by atoms with Gasteiger partial charge in [0.1, 0.15) is 22.5 Å². The fraction of sp³-hybridized carbons (Fsp3) is 0.545. The summed E-state index contributed by atoms with van der Waals surface area (Å²) in [6, 6.07) is 4.79. The number of piperidine rings is 1. The number of hydrogen-bond acceptors (Lipinski definition) is 7. The molecular formula is C22H28FN5O4. The molecule has 1 fully saturated rings. The van der Waals surface area contributed by atoms with E-state index in [4.69, 9.17) is 9.26 Å². The SMILES string of the molecule is CC(C)c1nn(-c2noc(C3(O)CCN(C(=O)OC(C)(C)C)CC3)n2)c2c(F)cccc12. The van der Waals surface area contributed by atoms with E-state index in [9.17, 15) is 14.3 Å². The molecule has 1 aliphatic heterocycles. The van der Waals surface area contributed by atoms with Crippen LogP contribution in [0.2, 0.25) is 0 Å². The first-order valence-corrected chi connectivity index (χ1v) is 10.7. The van der Waals surface area contributed by atoms with Crippen LogP contribution in [0.1, 0.15) is 65.0 Å². The summed E-state index contributed by atoms with van der Waals surface area (Å²) in [5.74, 6) is -0.321. The number of carbonyl (C=O) groups is 1. The molecule has 3 heterocycles. The molecule has 32 heavy (non-hydrogen) atoms. The molecule has 0 saturated carbocycles. The van der Waals surface area contributed by atoms with Crippen molar-refractivity contribution in [1.29, 1.82) is 0 Å². The Kier molecular flexibility index (Phi) is 5.44. The fourth-order valence-corrected chi connectivity index (χ4v) is 3.81. The third kappa shape index (κ3) is 4.06. The minimum absolute atomic E-state index is 0.0161. The van der Waals surface area contributed by atoms with Crippen LogP contribution in [0.4, 0.5) is 9.18 Å². The van der Waals surface area contributed by atoms with Crippen molar-refractivity contribution in [1.82, 2.24) is 24.8 Å². The number of halogens is 1. The van der Waals surface area contributed by atoms with Crippen molar-refractivity contribution in [3.63, 3.8) is 0 Å². The van der Waals surface area contributed by atoms with E-state index in [-0.39, 0.29) is 49.2 Å². The Labute approximate surface area is 185 Å². The summed E-state index contributed by atoms with van der Waals surface area (Å²) in [6.07, 6.45) is -0.0101. The Morgan fingerprint density at radius 3 is 2.59 bits per heavy atom. The zero-order valence-electron chi connectivity index (χ0n) is 18.9. The van der Waals surface area contributed by atoms with Crippen molar-refractivity contribution >= 4 is 17.0 Å². The minimum Gasteiger partial charge on any atom is -0.444 e. The molecule has 0 spiro atoms. The molecule has 0 atom stereocenters. The lowest BCUT2D eigenvalue weighted by Crippen LogP contribution is -2.47. The molecule has 2 aromatic heterocycles. The van der Waals surface area contributed by atoms with Crippen molar-refractivity contribution in [3.05, 3.63) is 35.6 Å². The first-order valence-electron chi connectivity index (χ1n) is 10.7. The number of benzene rings is 1. The molecule has 1 saturated heterocycles. The van der Waals surface area contributed by atoms with Crippen LogP contribution < -0.4 is 0 Å². The van der Waals surface area contributed by atoms with E-state index in [0.29, 0.717) is 5.39 Å². The van der Waals surface area contributed by atoms with E-state index in [0.717, 1.165) is 5.69 Å². The number of amides is 1. The lowest BCUT2D eigenvalue weighted by Gasteiger charge is -2.36. The Morgan fingerprint density at radius 2 is 1.97 bits per heavy atom. The van der Waals surface area contributed by atoms with Gasteiger partial charge in [0.2, 0.25) is 0 Å². The van der Waals surface area contributed by atoms with Gasteiger partial charge in [0.05, 0.1) is 5.69 Å². The van der Waals surface area contributed by atoms with Crippen LogP contribution in [-0.4, -0.2) is 54.7 Å². The number of aromatic nitrogens is 4. The maximum Gasteiger partial charge on any atom is 0.410 e. The highest BCUT2D eigenvalue weighted by Gasteiger charge is 2.41. The second-order valence-electron chi connectivity index (χ2n) is 9.49. The molecule has 4 rings (SSSR count). The van der Waals surface area contributed by atoms with E-state index in [2.05, 4.69) is 15.2 Å². The Morgan fingerprint density at radius 1 is 1.28 bits per heavy atom. The molecule has 10 heteroatoms. The third-order valence-corrected chi connectivity index (χ3v) is 5.47. The van der Waals surface area contributed by atoms with Crippen LogP contribution in [0.3, 0.4) is 0 Å². The topological polar surface area (TPSA) is 107 Å². The first kappa shape index (κ1) is 22.2. The number of likely N-dealkylation sites (tertiary alicyclic amines) is 1. The largest absolute Gasteiger partial charge is 0.444 e. The van der Waals surface area contributed by atoms with Gasteiger partial charge in [-0.15, -0.1) is 0 Å². The highest BCUT2D eigenvalue weighted by atomic mass is 19.1. The first-order chi connectivity index (χ1) is 15.0. The summed E-state index contributed by atoms with van der Waals surface area (Å²) < 4.78 is 26.7. The molecule has 0 aliphatic carbocycles. The number of aliphatic hydroxyl groups is 1. The van der Waals surface area contributed by atoms with Gasteiger partial charge in [-0.25, -0.2) is 9.18 Å². The quantitative estimate of drug-likeness (QED) is 0.652. The zero-order valence-corrected chi connectivity index (χ0v) is 18.9. The van der Waals surface area contributed by atoms with Crippen molar-refractivity contribution < 1.29 is 23.6 Å². The summed E-state index contributed by atoms with van der Waals surface area (Å²) >= 11 is 0. The average Bonchev–Trinajstić information content (AvgIpc) is 3.33. The van der Waals surface area contributed by atoms with Crippen molar-refractivity contribution in [2.75, 3.05) is 13.1 Å². The van der Waals surface area contributed by atoms with Gasteiger partial charge in [-0.2, -0.15) is 14.8 Å². The van der Waals surface area contributed by atoms with Gasteiger partial charge in [-0.1, -0.05) is 26.0 Å². The average molecular weight is 445 g/mol. The molecular weight excluding hydrogens is 417 g/mol. The smallest absolute Gasteiger partial charge is 0.410 e. The predicted octanol–water partition coefficient (Wildman–Crippen LogP) is 3.89. The van der Waals surface area contributed by atoms with Crippen LogP contribution in [0.25, 0.3) is 16.9 Å². The van der Waals surface area contributed by atoms with Gasteiger partial charge >= 0.3 is 6.09 Å². The Bertz CT molecular complexity index is 1140. The Hall–Kier alpha value is -3.01. The van der Waals surface area contributed by atoms with Crippen LogP contribution in [0.15, 0.2) is 22.7 Å². The van der Waals surface area contributed by atoms with Crippen molar-refractivity contribution in [2.24, 2.45) is 0 Å². The Balaban J connectivity index is 1.58. The summed E-state index contributed by atoms with van der Waals surface area (Å²) in [6.45, 7) is 9.91. The van der Waals surface area contributed by atoms with E-state index < -0.39 is 23.1 Å². The minimum atomic E-state index is -1.40. The van der Waals surface area contributed by atoms with Gasteiger partial charge in [-0.3, -0.25) is 0 Å². The highest BCUT2D eigenvalue weighted by Crippen LogP contribution is 2.34. The van der Waals surface area contributed by atoms with Gasteiger partial charge in [0.15, 0.2) is 0 Å². The molecule has 1 N–H and O–H groups in total. The number of nitrogens with zero attached hydrogens (tertiary/aromatic N) is 5. The zero-order chi connectivity index (χ0) is 23.3. The molecule has 1 aromatic carbocycles. The number of fused-ring (bicyclic) bond motifs is 1. The summed E-state index contributed by atoms with van der Waals surface area (Å²) in [4.78, 5) is 18.2. The van der Waals surface area contributed by atoms with E-state index in [1.54, 1.807) is 37.8 Å². The standard InChI is InChI=1S/C22H28FN5O4/c1-13(2)16-14-7-6-8-15(23)17(14)28(25-16)19-24-18(32-26-19)22(30)9-11-27(12-10-22)20(29)31-21(3,4)5/h6-8,13,30H,9-12H2,1-5H3. The highest BCUT2D eigenvalue weighted by molar-refractivity contribution is 5.84. The van der Waals surface area contributed by atoms with E-state index in [1.807, 2.05) is 13.8 Å². The third-order valence-electron chi connectivity index (χ3n) is 5.47. The predicted molar refractivity (Wildman–Crippen MR) is 114 cm³/mol. The molecule has 0 unspecified atom stereocenters. The number of hydrogen-bond donors (Lipinski definition) is 1. The second kappa shape index (κ2) is 7.84. The maximum absolute atomic E-state index is 14.6. The maximum atomic E-state index is 14.6. The van der Waals surface area contributed by atoms with Crippen LogP contribution in [-0.2, 0) is 10.3 Å². The number of rotatable bonds is 3. The summed E-state index contributed by atoms with van der Waals surface area (Å²) in [5, 5.41) is 20.3. The molecule has 9 nitrogen and oxygen atoms in total. The monoisotopic (exact) mass is 445 g/mol. The second-order valence-corrected chi connectivity index (χ2v) is 9.49. The van der Waals surface area contributed by atoms with Crippen molar-refractivity contribution in [2.45, 2.75) is 64.6 Å². The van der Waals surface area contributed by atoms with Crippen LogP contribution in [0, 0.1) is 5.82 Å². The van der Waals surface area contributed by atoms with Crippen LogP contribution >= 0.6 is 0 Å². The van der Waals surface area contributed by atoms with E-state index >= 15 is 0 Å². The number of para-hydroxylation sites is 1. The van der Waals surface area contributed by atoms with Crippen LogP contribution in [0.5, 0.6) is 0 Å². The molecule has 1 aliphatic rings. The van der Waals surface area contributed by atoms with Gasteiger partial charge in [-0.05, 0) is 37.9 Å². The number of carbonyl (C=O) groups excluding carboxylic acids is 1. The number of ether oxygens (including phenoxy) is 1.